The number of nitrogens with zero attached hydrogens (tertiary/aromatic N) is 3. The van der Waals surface area contributed by atoms with Crippen LogP contribution in [-0.2, 0) is 0 Å². The number of aryl methyl sites for hydroxylation is 2. The van der Waals surface area contributed by atoms with Crippen molar-refractivity contribution >= 4 is 0 Å². The van der Waals surface area contributed by atoms with Crippen molar-refractivity contribution in [2.24, 2.45) is 0 Å². The highest BCUT2D eigenvalue weighted by Crippen LogP contribution is 2.05. The molecule has 3 heteroatoms. The van der Waals surface area contributed by atoms with Crippen LogP contribution in [0, 0.1) is 13.8 Å². The molecule has 0 unspecified atom stereocenters. The minimum Gasteiger partial charge on any atom is -0.259 e. The van der Waals surface area contributed by atoms with Crippen LogP contribution in [-0.4, -0.2) is 14.8 Å². The van der Waals surface area contributed by atoms with E-state index in [0.29, 0.717) is 0 Å². The maximum absolute atomic E-state index is 4.29. The van der Waals surface area contributed by atoms with Gasteiger partial charge in [-0.15, -0.1) is 0 Å². The molecule has 80 valence electrons. The molecule has 0 aromatic carbocycles. The lowest BCUT2D eigenvalue weighted by atomic mass is 10.3. The van der Waals surface area contributed by atoms with Crippen LogP contribution in [0.3, 0.4) is 0 Å². The Morgan fingerprint density at radius 2 is 1.73 bits per heavy atom. The molecule has 0 aliphatic carbocycles. The Kier molecular flexibility index (Phi) is 4.03. The van der Waals surface area contributed by atoms with E-state index < -0.39 is 0 Å². The van der Waals surface area contributed by atoms with Gasteiger partial charge in [0.2, 0.25) is 0 Å². The Labute approximate surface area is 90.8 Å². The van der Waals surface area contributed by atoms with E-state index in [0.717, 1.165) is 17.1 Å². The summed E-state index contributed by atoms with van der Waals surface area (Å²) >= 11 is 0. The molecule has 2 heterocycles. The normalized spacial score (nSPS) is 9.33. The summed E-state index contributed by atoms with van der Waals surface area (Å²) in [7, 11) is 0. The third kappa shape index (κ3) is 2.91. The van der Waals surface area contributed by atoms with Gasteiger partial charge in [0.25, 0.3) is 0 Å². The molecule has 0 saturated heterocycles. The summed E-state index contributed by atoms with van der Waals surface area (Å²) < 4.78 is 1.82. The third-order valence-electron chi connectivity index (χ3n) is 1.88. The molecule has 15 heavy (non-hydrogen) atoms. The minimum absolute atomic E-state index is 0.999. The third-order valence-corrected chi connectivity index (χ3v) is 1.88. The minimum atomic E-state index is 0.999. The molecule has 0 radical (unpaired) electrons. The average Bonchev–Trinajstić information content (AvgIpc) is 2.69. The first-order valence-corrected chi connectivity index (χ1v) is 5.21. The van der Waals surface area contributed by atoms with Gasteiger partial charge in [0.05, 0.1) is 17.6 Å². The molecule has 0 atom stereocenters. The topological polar surface area (TPSA) is 30.7 Å². The Bertz CT molecular complexity index is 401. The van der Waals surface area contributed by atoms with Crippen molar-refractivity contribution in [2.75, 3.05) is 0 Å². The van der Waals surface area contributed by atoms with E-state index in [1.807, 2.05) is 63.0 Å². The number of hydrogen-bond donors (Lipinski definition) is 0. The quantitative estimate of drug-likeness (QED) is 0.713. The number of hydrogen-bond acceptors (Lipinski definition) is 2. The van der Waals surface area contributed by atoms with E-state index in [-0.39, 0.29) is 0 Å². The Morgan fingerprint density at radius 3 is 2.20 bits per heavy atom. The lowest BCUT2D eigenvalue weighted by Gasteiger charge is -1.99. The highest BCUT2D eigenvalue weighted by atomic mass is 15.3. The lowest BCUT2D eigenvalue weighted by molar-refractivity contribution is 0.855. The molecule has 0 saturated carbocycles. The highest BCUT2D eigenvalue weighted by molar-refractivity contribution is 5.28. The van der Waals surface area contributed by atoms with Crippen molar-refractivity contribution in [1.29, 1.82) is 0 Å². The van der Waals surface area contributed by atoms with E-state index >= 15 is 0 Å². The van der Waals surface area contributed by atoms with E-state index in [9.17, 15) is 0 Å². The van der Waals surface area contributed by atoms with Gasteiger partial charge in [-0.3, -0.25) is 4.98 Å². The van der Waals surface area contributed by atoms with Gasteiger partial charge in [0.1, 0.15) is 0 Å². The van der Waals surface area contributed by atoms with Crippen LogP contribution in [0.15, 0.2) is 30.6 Å². The molecule has 0 spiro atoms. The Balaban J connectivity index is 0.000000531. The Hall–Kier alpha value is -1.64. The lowest BCUT2D eigenvalue weighted by Crippen LogP contribution is -1.95. The zero-order valence-electron chi connectivity index (χ0n) is 9.73. The molecule has 0 fully saturated rings. The van der Waals surface area contributed by atoms with Gasteiger partial charge in [-0.25, -0.2) is 4.68 Å². The summed E-state index contributed by atoms with van der Waals surface area (Å²) in [4.78, 5) is 4.20. The van der Waals surface area contributed by atoms with Crippen molar-refractivity contribution in [1.82, 2.24) is 14.8 Å². The van der Waals surface area contributed by atoms with Crippen LogP contribution in [0.25, 0.3) is 5.69 Å². The van der Waals surface area contributed by atoms with Gasteiger partial charge in [0, 0.05) is 11.9 Å². The summed E-state index contributed by atoms with van der Waals surface area (Å²) in [5.74, 6) is 0. The van der Waals surface area contributed by atoms with Crippen molar-refractivity contribution in [3.05, 3.63) is 42.0 Å². The largest absolute Gasteiger partial charge is 0.259 e. The molecule has 0 aliphatic heterocycles. The maximum Gasteiger partial charge on any atom is 0.0829 e. The fraction of sp³-hybridized carbons (Fsp3) is 0.333. The predicted octanol–water partition coefficient (Wildman–Crippen LogP) is 2.91. The maximum atomic E-state index is 4.29. The molecule has 2 aromatic heterocycles. The first-order valence-electron chi connectivity index (χ1n) is 5.21. The van der Waals surface area contributed by atoms with Crippen LogP contribution in [0.5, 0.6) is 0 Å². The van der Waals surface area contributed by atoms with Crippen molar-refractivity contribution in [2.45, 2.75) is 27.7 Å². The molecule has 0 amide bonds. The van der Waals surface area contributed by atoms with Gasteiger partial charge in [-0.05, 0) is 32.0 Å². The van der Waals surface area contributed by atoms with E-state index in [4.69, 9.17) is 0 Å². The van der Waals surface area contributed by atoms with E-state index in [2.05, 4.69) is 10.1 Å². The summed E-state index contributed by atoms with van der Waals surface area (Å²) in [6, 6.07) is 5.96. The molecule has 2 aromatic rings. The standard InChI is InChI=1S/C10H11N3.C2H6/c1-8-3-4-10(7-11-8)13-6-5-9(2)12-13;1-2/h3-7H,1-2H3;1-2H3. The van der Waals surface area contributed by atoms with Gasteiger partial charge in [-0.1, -0.05) is 13.8 Å². The number of aromatic nitrogens is 3. The molecule has 0 bridgehead atoms. The molecule has 3 nitrogen and oxygen atoms in total. The zero-order valence-corrected chi connectivity index (χ0v) is 9.73. The fourth-order valence-corrected chi connectivity index (χ4v) is 1.15. The average molecular weight is 203 g/mol. The van der Waals surface area contributed by atoms with Crippen LogP contribution in [0.1, 0.15) is 25.2 Å². The fourth-order valence-electron chi connectivity index (χ4n) is 1.15. The second kappa shape index (κ2) is 5.29. The molecule has 0 aliphatic rings. The van der Waals surface area contributed by atoms with Crippen LogP contribution in [0.2, 0.25) is 0 Å². The van der Waals surface area contributed by atoms with Gasteiger partial charge in [-0.2, -0.15) is 5.10 Å². The molecular formula is C12H17N3. The zero-order chi connectivity index (χ0) is 11.3. The number of pyridine rings is 1. The van der Waals surface area contributed by atoms with Crippen molar-refractivity contribution < 1.29 is 0 Å². The Morgan fingerprint density at radius 1 is 1.00 bits per heavy atom. The monoisotopic (exact) mass is 203 g/mol. The van der Waals surface area contributed by atoms with E-state index in [1.165, 1.54) is 0 Å². The highest BCUT2D eigenvalue weighted by Gasteiger charge is 1.96. The summed E-state index contributed by atoms with van der Waals surface area (Å²) in [6.45, 7) is 7.94. The smallest absolute Gasteiger partial charge is 0.0829 e. The van der Waals surface area contributed by atoms with Crippen LogP contribution < -0.4 is 0 Å². The van der Waals surface area contributed by atoms with Gasteiger partial charge in [0.15, 0.2) is 0 Å². The first-order chi connectivity index (χ1) is 7.25. The van der Waals surface area contributed by atoms with Crippen molar-refractivity contribution in [3.63, 3.8) is 0 Å². The summed E-state index contributed by atoms with van der Waals surface area (Å²) in [6.07, 6.45) is 3.75. The predicted molar refractivity (Wildman–Crippen MR) is 62.2 cm³/mol. The first kappa shape index (κ1) is 11.4. The van der Waals surface area contributed by atoms with E-state index in [1.54, 1.807) is 0 Å². The second-order valence-electron chi connectivity index (χ2n) is 3.06. The van der Waals surface area contributed by atoms with Crippen molar-refractivity contribution in [3.8, 4) is 5.69 Å². The SMILES string of the molecule is CC.Cc1ccc(-n2ccc(C)n2)cn1. The van der Waals surface area contributed by atoms with Crippen LogP contribution >= 0.6 is 0 Å². The summed E-state index contributed by atoms with van der Waals surface area (Å²) in [5.41, 5.74) is 3.03. The summed E-state index contributed by atoms with van der Waals surface area (Å²) in [5, 5.41) is 4.29. The van der Waals surface area contributed by atoms with Gasteiger partial charge < -0.3 is 0 Å². The van der Waals surface area contributed by atoms with Crippen LogP contribution in [0.4, 0.5) is 0 Å². The molecular weight excluding hydrogens is 186 g/mol. The van der Waals surface area contributed by atoms with Gasteiger partial charge >= 0.3 is 0 Å². The molecule has 0 N–H and O–H groups in total. The molecule has 2 rings (SSSR count). The number of rotatable bonds is 1. The second-order valence-corrected chi connectivity index (χ2v) is 3.06.